The molecule has 1 aliphatic heterocycles. The number of nitrogens with zero attached hydrogens (tertiary/aromatic N) is 3. The molecule has 2 fully saturated rings. The third kappa shape index (κ3) is 2.03. The molecule has 2 heterocycles. The van der Waals surface area contributed by atoms with Gasteiger partial charge < -0.3 is 9.67 Å². The van der Waals surface area contributed by atoms with E-state index in [9.17, 15) is 13.2 Å². The predicted molar refractivity (Wildman–Crippen MR) is 69.4 cm³/mol. The molecule has 1 unspecified atom stereocenters. The van der Waals surface area contributed by atoms with Crippen LogP contribution in [-0.2, 0) is 21.9 Å². The van der Waals surface area contributed by atoms with Crippen LogP contribution < -0.4 is 0 Å². The van der Waals surface area contributed by atoms with Crippen LogP contribution in [0.1, 0.15) is 25.7 Å². The fourth-order valence-corrected chi connectivity index (χ4v) is 4.81. The van der Waals surface area contributed by atoms with Gasteiger partial charge in [-0.05, 0) is 25.7 Å². The van der Waals surface area contributed by atoms with Gasteiger partial charge in [-0.2, -0.15) is 4.31 Å². The number of hydrogen-bond donors (Lipinski definition) is 1. The summed E-state index contributed by atoms with van der Waals surface area (Å²) < 4.78 is 28.3. The van der Waals surface area contributed by atoms with E-state index < -0.39 is 27.4 Å². The highest BCUT2D eigenvalue weighted by Crippen LogP contribution is 2.51. The summed E-state index contributed by atoms with van der Waals surface area (Å²) in [6.45, 7) is 0.260. The van der Waals surface area contributed by atoms with Crippen molar-refractivity contribution in [1.29, 1.82) is 0 Å². The number of sulfonamides is 1. The number of piperidine rings is 1. The van der Waals surface area contributed by atoms with E-state index in [-0.39, 0.29) is 11.6 Å². The first-order valence-electron chi connectivity index (χ1n) is 6.59. The zero-order valence-corrected chi connectivity index (χ0v) is 12.0. The molecule has 1 saturated heterocycles. The highest BCUT2D eigenvalue weighted by atomic mass is 32.2. The molecule has 110 valence electrons. The van der Waals surface area contributed by atoms with Crippen LogP contribution in [0.4, 0.5) is 0 Å². The van der Waals surface area contributed by atoms with E-state index in [2.05, 4.69) is 4.98 Å². The van der Waals surface area contributed by atoms with Crippen LogP contribution in [0.5, 0.6) is 0 Å². The molecule has 0 bridgehead atoms. The molecule has 1 aliphatic carbocycles. The Morgan fingerprint density at radius 3 is 2.70 bits per heavy atom. The minimum Gasteiger partial charge on any atom is -0.481 e. The molecule has 1 aromatic heterocycles. The van der Waals surface area contributed by atoms with Crippen molar-refractivity contribution in [3.63, 3.8) is 0 Å². The van der Waals surface area contributed by atoms with Gasteiger partial charge in [-0.3, -0.25) is 4.79 Å². The van der Waals surface area contributed by atoms with Crippen LogP contribution in [0.2, 0.25) is 0 Å². The third-order valence-electron chi connectivity index (χ3n) is 4.25. The Balaban J connectivity index is 1.90. The monoisotopic (exact) mass is 299 g/mol. The van der Waals surface area contributed by atoms with E-state index >= 15 is 0 Å². The van der Waals surface area contributed by atoms with Crippen LogP contribution in [0, 0.1) is 5.92 Å². The lowest BCUT2D eigenvalue weighted by Gasteiger charge is -2.37. The Morgan fingerprint density at radius 1 is 1.50 bits per heavy atom. The number of hydrogen-bond acceptors (Lipinski definition) is 4. The van der Waals surface area contributed by atoms with Crippen molar-refractivity contribution in [2.75, 3.05) is 6.54 Å². The molecule has 1 spiro atoms. The Hall–Kier alpha value is -1.41. The van der Waals surface area contributed by atoms with Crippen molar-refractivity contribution in [2.24, 2.45) is 13.0 Å². The summed E-state index contributed by atoms with van der Waals surface area (Å²) in [4.78, 5) is 15.0. The second-order valence-electron chi connectivity index (χ2n) is 5.71. The summed E-state index contributed by atoms with van der Waals surface area (Å²) in [5, 5.41) is 9.17. The van der Waals surface area contributed by atoms with Gasteiger partial charge in [-0.15, -0.1) is 0 Å². The molecule has 7 nitrogen and oxygen atoms in total. The van der Waals surface area contributed by atoms with E-state index in [1.54, 1.807) is 11.6 Å². The fourth-order valence-electron chi connectivity index (χ4n) is 2.99. The van der Waals surface area contributed by atoms with Gasteiger partial charge in [0.25, 0.3) is 10.0 Å². The maximum Gasteiger partial charge on any atom is 0.306 e. The van der Waals surface area contributed by atoms with E-state index in [1.807, 2.05) is 0 Å². The first-order chi connectivity index (χ1) is 9.35. The smallest absolute Gasteiger partial charge is 0.306 e. The maximum atomic E-state index is 12.6. The number of imidazole rings is 1. The Labute approximate surface area is 117 Å². The first-order valence-corrected chi connectivity index (χ1v) is 8.03. The Kier molecular flexibility index (Phi) is 2.91. The number of aliphatic carboxylic acids is 1. The maximum absolute atomic E-state index is 12.6. The minimum atomic E-state index is -3.63. The average Bonchev–Trinajstić information content (AvgIpc) is 2.97. The SMILES string of the molecule is Cn1cnc(S(=O)(=O)N2CCC(C(=O)O)CC23CC3)c1. The second-order valence-corrected chi connectivity index (χ2v) is 7.52. The number of carbonyl (C=O) groups is 1. The number of carboxylic acid groups (broad SMARTS) is 1. The fraction of sp³-hybridized carbons (Fsp3) is 0.667. The van der Waals surface area contributed by atoms with Gasteiger partial charge in [0, 0.05) is 25.3 Å². The van der Waals surface area contributed by atoms with Gasteiger partial charge in [-0.25, -0.2) is 13.4 Å². The van der Waals surface area contributed by atoms with Crippen LogP contribution in [0.3, 0.4) is 0 Å². The normalized spacial score (nSPS) is 25.8. The van der Waals surface area contributed by atoms with Gasteiger partial charge >= 0.3 is 5.97 Å². The largest absolute Gasteiger partial charge is 0.481 e. The highest BCUT2D eigenvalue weighted by molar-refractivity contribution is 7.89. The Bertz CT molecular complexity index is 647. The summed E-state index contributed by atoms with van der Waals surface area (Å²) in [5.74, 6) is -1.26. The van der Waals surface area contributed by atoms with Gasteiger partial charge in [0.05, 0.1) is 12.2 Å². The van der Waals surface area contributed by atoms with Crippen molar-refractivity contribution in [2.45, 2.75) is 36.2 Å². The van der Waals surface area contributed by atoms with Crippen LogP contribution in [-0.4, -0.2) is 45.4 Å². The summed E-state index contributed by atoms with van der Waals surface area (Å²) in [5.41, 5.74) is -0.488. The van der Waals surface area contributed by atoms with E-state index in [0.29, 0.717) is 12.8 Å². The van der Waals surface area contributed by atoms with Crippen molar-refractivity contribution in [3.8, 4) is 0 Å². The van der Waals surface area contributed by atoms with Crippen molar-refractivity contribution in [3.05, 3.63) is 12.5 Å². The molecule has 1 saturated carbocycles. The number of rotatable bonds is 3. The first kappa shape index (κ1) is 13.6. The van der Waals surface area contributed by atoms with Gasteiger partial charge in [0.1, 0.15) is 0 Å². The van der Waals surface area contributed by atoms with Crippen LogP contribution in [0.15, 0.2) is 17.6 Å². The Morgan fingerprint density at radius 2 is 2.20 bits per heavy atom. The lowest BCUT2D eigenvalue weighted by atomic mass is 9.91. The van der Waals surface area contributed by atoms with E-state index in [0.717, 1.165) is 12.8 Å². The lowest BCUT2D eigenvalue weighted by molar-refractivity contribution is -0.143. The highest BCUT2D eigenvalue weighted by Gasteiger charge is 2.57. The molecule has 1 aromatic rings. The summed E-state index contributed by atoms with van der Waals surface area (Å²) in [6.07, 6.45) is 5.19. The zero-order valence-electron chi connectivity index (χ0n) is 11.2. The number of aromatic nitrogens is 2. The summed E-state index contributed by atoms with van der Waals surface area (Å²) >= 11 is 0. The molecule has 8 heteroatoms. The standard InChI is InChI=1S/C12H17N3O4S/c1-14-7-10(13-8-14)20(18,19)15-5-2-9(11(16)17)6-12(15)3-4-12/h7-9H,2-6H2,1H3,(H,16,17). The predicted octanol–water partition coefficient (Wildman–Crippen LogP) is 0.438. The average molecular weight is 299 g/mol. The minimum absolute atomic E-state index is 0.0417. The quantitative estimate of drug-likeness (QED) is 0.874. The van der Waals surface area contributed by atoms with Crippen LogP contribution in [0.25, 0.3) is 0 Å². The summed E-state index contributed by atoms with van der Waals surface area (Å²) in [6, 6.07) is 0. The molecule has 0 aromatic carbocycles. The molecule has 3 rings (SSSR count). The van der Waals surface area contributed by atoms with Crippen LogP contribution >= 0.6 is 0 Å². The zero-order chi connectivity index (χ0) is 14.5. The molecule has 2 aliphatic rings. The lowest BCUT2D eigenvalue weighted by Crippen LogP contribution is -2.49. The van der Waals surface area contributed by atoms with E-state index in [4.69, 9.17) is 5.11 Å². The van der Waals surface area contributed by atoms with Gasteiger partial charge in [0.15, 0.2) is 5.03 Å². The molecule has 1 atom stereocenters. The molecule has 20 heavy (non-hydrogen) atoms. The van der Waals surface area contributed by atoms with E-state index in [1.165, 1.54) is 16.8 Å². The van der Waals surface area contributed by atoms with Gasteiger partial charge in [0.2, 0.25) is 0 Å². The molecule has 0 amide bonds. The molecule has 0 radical (unpaired) electrons. The third-order valence-corrected chi connectivity index (χ3v) is 6.14. The number of aryl methyl sites for hydroxylation is 1. The van der Waals surface area contributed by atoms with Crippen molar-refractivity contribution < 1.29 is 18.3 Å². The summed E-state index contributed by atoms with van der Waals surface area (Å²) in [7, 11) is -1.91. The molecule has 1 N–H and O–H groups in total. The van der Waals surface area contributed by atoms with Crippen molar-refractivity contribution in [1.82, 2.24) is 13.9 Å². The molecular formula is C12H17N3O4S. The topological polar surface area (TPSA) is 92.5 Å². The van der Waals surface area contributed by atoms with Gasteiger partial charge in [-0.1, -0.05) is 0 Å². The second kappa shape index (κ2) is 4.29. The number of carboxylic acids is 1. The van der Waals surface area contributed by atoms with Crippen molar-refractivity contribution >= 4 is 16.0 Å². The molecular weight excluding hydrogens is 282 g/mol.